The van der Waals surface area contributed by atoms with Gasteiger partial charge in [-0.3, -0.25) is 0 Å². The largest absolute Gasteiger partial charge is 0.444 e. The van der Waals surface area contributed by atoms with Crippen LogP contribution in [0, 0.1) is 0 Å². The van der Waals surface area contributed by atoms with E-state index in [0.717, 1.165) is 6.54 Å². The lowest BCUT2D eigenvalue weighted by molar-refractivity contribution is 0.137. The maximum absolute atomic E-state index is 11.0. The molecule has 1 unspecified atom stereocenters. The first-order chi connectivity index (χ1) is 4.77. The molecule has 3 heteroatoms. The number of amides is 1. The maximum Gasteiger partial charge on any atom is 0.410 e. The Bertz CT molecular complexity index is 165. The molecule has 2 rings (SSSR count). The quantitative estimate of drug-likeness (QED) is 0.545. The molecule has 2 fully saturated rings. The minimum atomic E-state index is -0.116. The van der Waals surface area contributed by atoms with Crippen LogP contribution in [0.4, 0.5) is 4.79 Å². The predicted molar refractivity (Wildman–Crippen MR) is 35.7 cm³/mol. The summed E-state index contributed by atoms with van der Waals surface area (Å²) in [5, 5.41) is 0. The van der Waals surface area contributed by atoms with Crippen LogP contribution < -0.4 is 0 Å². The predicted octanol–water partition coefficient (Wildman–Crippen LogP) is 0.990. The van der Waals surface area contributed by atoms with Crippen molar-refractivity contribution in [2.24, 2.45) is 0 Å². The summed E-state index contributed by atoms with van der Waals surface area (Å²) in [5.41, 5.74) is 0. The highest BCUT2D eigenvalue weighted by Crippen LogP contribution is 2.30. The Morgan fingerprint density at radius 1 is 1.60 bits per heavy atom. The molecule has 0 radical (unpaired) electrons. The van der Waals surface area contributed by atoms with Crippen LogP contribution in [0.5, 0.6) is 0 Å². The van der Waals surface area contributed by atoms with E-state index in [1.807, 2.05) is 11.8 Å². The molecule has 3 nitrogen and oxygen atoms in total. The summed E-state index contributed by atoms with van der Waals surface area (Å²) in [4.78, 5) is 12.8. The second-order valence-electron chi connectivity index (χ2n) is 3.08. The van der Waals surface area contributed by atoms with E-state index >= 15 is 0 Å². The van der Waals surface area contributed by atoms with Gasteiger partial charge in [0.05, 0.1) is 6.54 Å². The SMILES string of the molecule is CC1CN(C2CC2)C(=O)O1. The minimum Gasteiger partial charge on any atom is -0.444 e. The third kappa shape index (κ3) is 0.856. The Labute approximate surface area is 60.0 Å². The first-order valence-corrected chi connectivity index (χ1v) is 3.74. The average molecular weight is 141 g/mol. The molecular weight excluding hydrogens is 130 g/mol. The lowest BCUT2D eigenvalue weighted by atomic mass is 10.4. The van der Waals surface area contributed by atoms with Crippen LogP contribution in [0.25, 0.3) is 0 Å². The van der Waals surface area contributed by atoms with Crippen LogP contribution in [0.3, 0.4) is 0 Å². The number of ether oxygens (including phenoxy) is 1. The second-order valence-corrected chi connectivity index (χ2v) is 3.08. The van der Waals surface area contributed by atoms with E-state index in [0.29, 0.717) is 6.04 Å². The van der Waals surface area contributed by atoms with Crippen molar-refractivity contribution in [1.82, 2.24) is 4.90 Å². The third-order valence-electron chi connectivity index (χ3n) is 1.98. The maximum atomic E-state index is 11.0. The van der Waals surface area contributed by atoms with Crippen LogP contribution in [0.1, 0.15) is 19.8 Å². The Balaban J connectivity index is 2.01. The van der Waals surface area contributed by atoms with Gasteiger partial charge in [-0.1, -0.05) is 0 Å². The molecule has 10 heavy (non-hydrogen) atoms. The fourth-order valence-electron chi connectivity index (χ4n) is 1.31. The molecule has 0 aromatic heterocycles. The van der Waals surface area contributed by atoms with Gasteiger partial charge in [-0.25, -0.2) is 4.79 Å². The smallest absolute Gasteiger partial charge is 0.410 e. The number of hydrogen-bond acceptors (Lipinski definition) is 2. The molecule has 1 amide bonds. The summed E-state index contributed by atoms with van der Waals surface area (Å²) in [6.07, 6.45) is 2.33. The topological polar surface area (TPSA) is 29.5 Å². The van der Waals surface area contributed by atoms with Gasteiger partial charge in [0.15, 0.2) is 0 Å². The van der Waals surface area contributed by atoms with Gasteiger partial charge in [-0.05, 0) is 19.8 Å². The number of rotatable bonds is 1. The van der Waals surface area contributed by atoms with Gasteiger partial charge in [0.25, 0.3) is 0 Å². The molecule has 1 heterocycles. The molecule has 1 aliphatic carbocycles. The fourth-order valence-corrected chi connectivity index (χ4v) is 1.31. The Morgan fingerprint density at radius 2 is 2.30 bits per heavy atom. The van der Waals surface area contributed by atoms with E-state index in [4.69, 9.17) is 4.74 Å². The Morgan fingerprint density at radius 3 is 2.70 bits per heavy atom. The zero-order valence-electron chi connectivity index (χ0n) is 6.04. The van der Waals surface area contributed by atoms with Gasteiger partial charge in [0.2, 0.25) is 0 Å². The van der Waals surface area contributed by atoms with Crippen molar-refractivity contribution in [3.63, 3.8) is 0 Å². The van der Waals surface area contributed by atoms with Gasteiger partial charge >= 0.3 is 6.09 Å². The van der Waals surface area contributed by atoms with Crippen LogP contribution >= 0.6 is 0 Å². The molecule has 0 aromatic rings. The van der Waals surface area contributed by atoms with Crippen LogP contribution in [-0.2, 0) is 4.74 Å². The average Bonchev–Trinajstić information content (AvgIpc) is 2.61. The van der Waals surface area contributed by atoms with Gasteiger partial charge in [-0.15, -0.1) is 0 Å². The highest BCUT2D eigenvalue weighted by molar-refractivity contribution is 5.70. The van der Waals surface area contributed by atoms with Crippen molar-refractivity contribution >= 4 is 6.09 Å². The second kappa shape index (κ2) is 1.87. The fraction of sp³-hybridized carbons (Fsp3) is 0.857. The molecule has 2 aliphatic rings. The first-order valence-electron chi connectivity index (χ1n) is 3.74. The van der Waals surface area contributed by atoms with E-state index in [1.54, 1.807) is 0 Å². The molecule has 0 N–H and O–H groups in total. The van der Waals surface area contributed by atoms with Crippen molar-refractivity contribution < 1.29 is 9.53 Å². The summed E-state index contributed by atoms with van der Waals surface area (Å²) in [6, 6.07) is 0.512. The van der Waals surface area contributed by atoms with Crippen LogP contribution in [0.2, 0.25) is 0 Å². The molecule has 1 saturated heterocycles. The zero-order valence-corrected chi connectivity index (χ0v) is 6.04. The standard InChI is InChI=1S/C7H11NO2/c1-5-4-8(6-2-3-6)7(9)10-5/h5-6H,2-4H2,1H3. The highest BCUT2D eigenvalue weighted by atomic mass is 16.6. The normalized spacial score (nSPS) is 32.7. The van der Waals surface area contributed by atoms with Gasteiger partial charge in [0.1, 0.15) is 6.10 Å². The molecule has 0 spiro atoms. The summed E-state index contributed by atoms with van der Waals surface area (Å²) in [6.45, 7) is 2.73. The van der Waals surface area contributed by atoms with Crippen LogP contribution in [0.15, 0.2) is 0 Å². The van der Waals surface area contributed by atoms with E-state index in [9.17, 15) is 4.79 Å². The molecular formula is C7H11NO2. The molecule has 56 valence electrons. The summed E-state index contributed by atoms with van der Waals surface area (Å²) in [7, 11) is 0. The molecule has 1 aliphatic heterocycles. The summed E-state index contributed by atoms with van der Waals surface area (Å²) >= 11 is 0. The number of hydrogen-bond donors (Lipinski definition) is 0. The van der Waals surface area contributed by atoms with E-state index in [-0.39, 0.29) is 12.2 Å². The minimum absolute atomic E-state index is 0.105. The van der Waals surface area contributed by atoms with E-state index < -0.39 is 0 Å². The zero-order chi connectivity index (χ0) is 7.14. The molecule has 1 atom stereocenters. The Kier molecular flexibility index (Phi) is 1.13. The van der Waals surface area contributed by atoms with Gasteiger partial charge in [-0.2, -0.15) is 0 Å². The van der Waals surface area contributed by atoms with Crippen molar-refractivity contribution in [1.29, 1.82) is 0 Å². The lowest BCUT2D eigenvalue weighted by Crippen LogP contribution is -2.26. The number of carbonyl (C=O) groups excluding carboxylic acids is 1. The van der Waals surface area contributed by atoms with Gasteiger partial charge in [0, 0.05) is 6.04 Å². The molecule has 0 bridgehead atoms. The number of carbonyl (C=O) groups is 1. The third-order valence-corrected chi connectivity index (χ3v) is 1.98. The van der Waals surface area contributed by atoms with Crippen molar-refractivity contribution in [2.45, 2.75) is 31.9 Å². The van der Waals surface area contributed by atoms with Crippen molar-refractivity contribution in [3.8, 4) is 0 Å². The summed E-state index contributed by atoms with van der Waals surface area (Å²) in [5.74, 6) is 0. The molecule has 1 saturated carbocycles. The number of nitrogens with zero attached hydrogens (tertiary/aromatic N) is 1. The first kappa shape index (κ1) is 6.01. The van der Waals surface area contributed by atoms with Gasteiger partial charge < -0.3 is 9.64 Å². The van der Waals surface area contributed by atoms with Crippen molar-refractivity contribution in [3.05, 3.63) is 0 Å². The summed E-state index contributed by atoms with van der Waals surface area (Å²) < 4.78 is 4.96. The Hall–Kier alpha value is -0.730. The van der Waals surface area contributed by atoms with Crippen LogP contribution in [-0.4, -0.2) is 29.7 Å². The monoisotopic (exact) mass is 141 g/mol. The highest BCUT2D eigenvalue weighted by Gasteiger charge is 2.39. The van der Waals surface area contributed by atoms with Crippen molar-refractivity contribution in [2.75, 3.05) is 6.54 Å². The van der Waals surface area contributed by atoms with E-state index in [2.05, 4.69) is 0 Å². The van der Waals surface area contributed by atoms with E-state index in [1.165, 1.54) is 12.8 Å². The molecule has 0 aromatic carbocycles. The lowest BCUT2D eigenvalue weighted by Gasteiger charge is -2.09. The number of cyclic esters (lactones) is 1.